The maximum absolute atomic E-state index is 9.18. The molecule has 2 aromatic rings. The number of halogens is 1. The number of thiophene rings is 1. The fraction of sp³-hybridized carbons (Fsp3) is 0.364. The van der Waals surface area contributed by atoms with Gasteiger partial charge in [-0.25, -0.2) is 4.98 Å². The third-order valence-electron chi connectivity index (χ3n) is 2.53. The molecule has 1 unspecified atom stereocenters. The van der Waals surface area contributed by atoms with Crippen LogP contribution in [-0.2, 0) is 0 Å². The molecule has 5 heteroatoms. The van der Waals surface area contributed by atoms with Gasteiger partial charge in [-0.15, -0.1) is 11.3 Å². The standard InChI is InChI=1S/C11H13ClN2OS/c1-2-7(6-15)11-13-5-8(14-11)9-3-4-10(12)16-9/h3-5,7,15H,2,6H2,1H3,(H,13,14). The van der Waals surface area contributed by atoms with E-state index in [2.05, 4.69) is 9.97 Å². The van der Waals surface area contributed by atoms with Gasteiger partial charge < -0.3 is 10.1 Å². The Morgan fingerprint density at radius 1 is 1.56 bits per heavy atom. The summed E-state index contributed by atoms with van der Waals surface area (Å²) in [5.74, 6) is 0.925. The van der Waals surface area contributed by atoms with Crippen LogP contribution < -0.4 is 0 Å². The number of aliphatic hydroxyl groups excluding tert-OH is 1. The summed E-state index contributed by atoms with van der Waals surface area (Å²) in [5.41, 5.74) is 0.957. The summed E-state index contributed by atoms with van der Waals surface area (Å²) >= 11 is 7.39. The molecule has 1 atom stereocenters. The monoisotopic (exact) mass is 256 g/mol. The number of hydrogen-bond donors (Lipinski definition) is 2. The number of aliphatic hydroxyl groups is 1. The zero-order chi connectivity index (χ0) is 11.5. The first kappa shape index (κ1) is 11.6. The third kappa shape index (κ3) is 2.29. The van der Waals surface area contributed by atoms with Crippen molar-refractivity contribution in [3.63, 3.8) is 0 Å². The van der Waals surface area contributed by atoms with E-state index in [9.17, 15) is 5.11 Å². The van der Waals surface area contributed by atoms with Crippen molar-refractivity contribution in [3.05, 3.63) is 28.5 Å². The van der Waals surface area contributed by atoms with Crippen molar-refractivity contribution >= 4 is 22.9 Å². The minimum atomic E-state index is 0.0872. The van der Waals surface area contributed by atoms with E-state index in [1.54, 1.807) is 6.20 Å². The topological polar surface area (TPSA) is 48.9 Å². The molecule has 2 heterocycles. The first-order chi connectivity index (χ1) is 7.74. The molecular weight excluding hydrogens is 244 g/mol. The second-order valence-electron chi connectivity index (χ2n) is 3.57. The predicted octanol–water partition coefficient (Wildman–Crippen LogP) is 3.28. The zero-order valence-electron chi connectivity index (χ0n) is 8.90. The highest BCUT2D eigenvalue weighted by atomic mass is 35.5. The minimum Gasteiger partial charge on any atom is -0.396 e. The smallest absolute Gasteiger partial charge is 0.111 e. The van der Waals surface area contributed by atoms with Gasteiger partial charge in [-0.2, -0.15) is 0 Å². The van der Waals surface area contributed by atoms with Crippen molar-refractivity contribution in [1.82, 2.24) is 9.97 Å². The molecule has 0 bridgehead atoms. The second kappa shape index (κ2) is 4.99. The Bertz CT molecular complexity index is 462. The highest BCUT2D eigenvalue weighted by molar-refractivity contribution is 7.19. The zero-order valence-corrected chi connectivity index (χ0v) is 10.5. The Hall–Kier alpha value is -0.840. The number of nitrogens with zero attached hydrogens (tertiary/aromatic N) is 1. The van der Waals surface area contributed by atoms with E-state index in [1.807, 2.05) is 19.1 Å². The SMILES string of the molecule is CCC(CO)c1ncc(-c2ccc(Cl)s2)[nH]1. The molecule has 0 saturated heterocycles. The number of imidazole rings is 1. The van der Waals surface area contributed by atoms with Crippen molar-refractivity contribution in [2.45, 2.75) is 19.3 Å². The van der Waals surface area contributed by atoms with Crippen LogP contribution in [0.3, 0.4) is 0 Å². The first-order valence-electron chi connectivity index (χ1n) is 5.16. The fourth-order valence-corrected chi connectivity index (χ4v) is 2.55. The van der Waals surface area contributed by atoms with Crippen molar-refractivity contribution in [2.24, 2.45) is 0 Å². The van der Waals surface area contributed by atoms with E-state index in [1.165, 1.54) is 11.3 Å². The van der Waals surface area contributed by atoms with E-state index in [0.717, 1.165) is 27.2 Å². The van der Waals surface area contributed by atoms with Crippen molar-refractivity contribution in [3.8, 4) is 10.6 Å². The van der Waals surface area contributed by atoms with E-state index >= 15 is 0 Å². The van der Waals surface area contributed by atoms with Gasteiger partial charge in [-0.05, 0) is 18.6 Å². The molecule has 2 N–H and O–H groups in total. The van der Waals surface area contributed by atoms with Crippen LogP contribution in [0.2, 0.25) is 4.34 Å². The highest BCUT2D eigenvalue weighted by Crippen LogP contribution is 2.30. The van der Waals surface area contributed by atoms with Gasteiger partial charge in [0, 0.05) is 5.92 Å². The molecule has 0 aliphatic heterocycles. The van der Waals surface area contributed by atoms with Gasteiger partial charge in [-0.1, -0.05) is 18.5 Å². The summed E-state index contributed by atoms with van der Waals surface area (Å²) in [4.78, 5) is 8.58. The molecule has 0 amide bonds. The van der Waals surface area contributed by atoms with E-state index < -0.39 is 0 Å². The normalized spacial score (nSPS) is 12.9. The van der Waals surface area contributed by atoms with Crippen LogP contribution in [0, 0.1) is 0 Å². The largest absolute Gasteiger partial charge is 0.396 e. The number of nitrogens with one attached hydrogen (secondary N) is 1. The summed E-state index contributed by atoms with van der Waals surface area (Å²) in [5, 5.41) is 9.18. The number of hydrogen-bond acceptors (Lipinski definition) is 3. The summed E-state index contributed by atoms with van der Waals surface area (Å²) in [6.45, 7) is 2.15. The first-order valence-corrected chi connectivity index (χ1v) is 6.35. The molecule has 3 nitrogen and oxygen atoms in total. The Morgan fingerprint density at radius 3 is 2.94 bits per heavy atom. The van der Waals surface area contributed by atoms with Crippen LogP contribution in [0.4, 0.5) is 0 Å². The van der Waals surface area contributed by atoms with Gasteiger partial charge >= 0.3 is 0 Å². The highest BCUT2D eigenvalue weighted by Gasteiger charge is 2.13. The third-order valence-corrected chi connectivity index (χ3v) is 3.80. The molecule has 0 aliphatic carbocycles. The van der Waals surface area contributed by atoms with E-state index in [4.69, 9.17) is 11.6 Å². The van der Waals surface area contributed by atoms with Crippen LogP contribution in [-0.4, -0.2) is 21.7 Å². The average molecular weight is 257 g/mol. The van der Waals surface area contributed by atoms with Crippen molar-refractivity contribution in [1.29, 1.82) is 0 Å². The molecule has 86 valence electrons. The quantitative estimate of drug-likeness (QED) is 0.882. The molecule has 0 fully saturated rings. The summed E-state index contributed by atoms with van der Waals surface area (Å²) < 4.78 is 0.764. The van der Waals surface area contributed by atoms with Crippen molar-refractivity contribution in [2.75, 3.05) is 6.61 Å². The maximum Gasteiger partial charge on any atom is 0.111 e. The van der Waals surface area contributed by atoms with Gasteiger partial charge in [0.25, 0.3) is 0 Å². The molecule has 2 aromatic heterocycles. The summed E-state index contributed by atoms with van der Waals surface area (Å²) in [6.07, 6.45) is 2.66. The van der Waals surface area contributed by atoms with Crippen LogP contribution in [0.5, 0.6) is 0 Å². The lowest BCUT2D eigenvalue weighted by molar-refractivity contribution is 0.258. The van der Waals surface area contributed by atoms with Gasteiger partial charge in [0.2, 0.25) is 0 Å². The van der Waals surface area contributed by atoms with Crippen LogP contribution >= 0.6 is 22.9 Å². The lowest BCUT2D eigenvalue weighted by atomic mass is 10.1. The predicted molar refractivity (Wildman–Crippen MR) is 67.0 cm³/mol. The van der Waals surface area contributed by atoms with Gasteiger partial charge in [-0.3, -0.25) is 0 Å². The number of aromatic amines is 1. The Labute approximate surface area is 103 Å². The second-order valence-corrected chi connectivity index (χ2v) is 5.29. The Morgan fingerprint density at radius 2 is 2.38 bits per heavy atom. The average Bonchev–Trinajstić information content (AvgIpc) is 2.89. The summed E-state index contributed by atoms with van der Waals surface area (Å²) in [7, 11) is 0. The molecular formula is C11H13ClN2OS. The summed E-state index contributed by atoms with van der Waals surface area (Å²) in [6, 6.07) is 3.83. The molecule has 0 saturated carbocycles. The molecule has 16 heavy (non-hydrogen) atoms. The number of aromatic nitrogens is 2. The molecule has 0 aliphatic rings. The van der Waals surface area contributed by atoms with Gasteiger partial charge in [0.15, 0.2) is 0 Å². The maximum atomic E-state index is 9.18. The van der Waals surface area contributed by atoms with Gasteiger partial charge in [0.1, 0.15) is 5.82 Å². The Kier molecular flexibility index (Phi) is 3.63. The van der Waals surface area contributed by atoms with Crippen molar-refractivity contribution < 1.29 is 5.11 Å². The lowest BCUT2D eigenvalue weighted by Crippen LogP contribution is -2.04. The fourth-order valence-electron chi connectivity index (χ4n) is 1.54. The minimum absolute atomic E-state index is 0.0872. The molecule has 0 aromatic carbocycles. The molecule has 0 radical (unpaired) electrons. The van der Waals surface area contributed by atoms with Crippen LogP contribution in [0.15, 0.2) is 18.3 Å². The van der Waals surface area contributed by atoms with Crippen LogP contribution in [0.1, 0.15) is 25.1 Å². The number of H-pyrrole nitrogens is 1. The van der Waals surface area contributed by atoms with E-state index in [-0.39, 0.29) is 12.5 Å². The number of rotatable bonds is 4. The molecule has 0 spiro atoms. The lowest BCUT2D eigenvalue weighted by Gasteiger charge is -2.06. The van der Waals surface area contributed by atoms with E-state index in [0.29, 0.717) is 0 Å². The van der Waals surface area contributed by atoms with Crippen LogP contribution in [0.25, 0.3) is 10.6 Å². The Balaban J connectivity index is 2.25. The van der Waals surface area contributed by atoms with Gasteiger partial charge in [0.05, 0.1) is 27.7 Å². The molecule has 2 rings (SSSR count).